The minimum Gasteiger partial charge on any atom is -0.372 e. The Kier molecular flexibility index (Phi) is 6.90. The number of benzene rings is 1. The third kappa shape index (κ3) is 5.51. The van der Waals surface area contributed by atoms with E-state index in [0.29, 0.717) is 18.6 Å². The van der Waals surface area contributed by atoms with E-state index < -0.39 is 0 Å². The molecule has 0 heterocycles. The summed E-state index contributed by atoms with van der Waals surface area (Å²) in [6.45, 7) is 10.3. The lowest BCUT2D eigenvalue weighted by Crippen LogP contribution is -2.36. The molecule has 1 N–H and O–H groups in total. The Labute approximate surface area is 119 Å². The zero-order valence-electron chi connectivity index (χ0n) is 11.7. The molecular formula is C15H24BrNO. The maximum atomic E-state index is 6.03. The molecule has 0 bridgehead atoms. The van der Waals surface area contributed by atoms with Gasteiger partial charge in [0.05, 0.1) is 12.7 Å². The molecule has 0 aliphatic carbocycles. The zero-order valence-corrected chi connectivity index (χ0v) is 13.3. The van der Waals surface area contributed by atoms with E-state index in [1.807, 2.05) is 12.1 Å². The molecule has 0 aromatic heterocycles. The highest BCUT2D eigenvalue weighted by Gasteiger charge is 2.14. The van der Waals surface area contributed by atoms with E-state index in [0.717, 1.165) is 11.0 Å². The van der Waals surface area contributed by atoms with E-state index in [-0.39, 0.29) is 6.10 Å². The van der Waals surface area contributed by atoms with Crippen molar-refractivity contribution in [3.05, 3.63) is 34.3 Å². The quantitative estimate of drug-likeness (QED) is 0.822. The third-order valence-corrected chi connectivity index (χ3v) is 3.66. The molecule has 0 radical (unpaired) electrons. The maximum Gasteiger partial charge on any atom is 0.0732 e. The van der Waals surface area contributed by atoms with Gasteiger partial charge in [0.1, 0.15) is 0 Å². The van der Waals surface area contributed by atoms with Crippen LogP contribution in [-0.2, 0) is 11.3 Å². The first-order chi connectivity index (χ1) is 8.50. The molecule has 0 amide bonds. The Morgan fingerprint density at radius 1 is 1.17 bits per heavy atom. The first-order valence-corrected chi connectivity index (χ1v) is 7.38. The number of hydrogen-bond acceptors (Lipinski definition) is 2. The van der Waals surface area contributed by atoms with E-state index >= 15 is 0 Å². The molecule has 1 aromatic rings. The second kappa shape index (κ2) is 7.93. The van der Waals surface area contributed by atoms with Crippen LogP contribution in [0.3, 0.4) is 0 Å². The topological polar surface area (TPSA) is 21.3 Å². The van der Waals surface area contributed by atoms with Crippen molar-refractivity contribution in [1.82, 2.24) is 5.32 Å². The van der Waals surface area contributed by atoms with Crippen LogP contribution in [0.2, 0.25) is 0 Å². The zero-order chi connectivity index (χ0) is 13.5. The standard InChI is InChI=1S/C15H24BrNO/c1-11(2)15(9-17-12(3)4)18-10-13-7-5-6-8-14(13)16/h5-8,11-12,15,17H,9-10H2,1-4H3. The Morgan fingerprint density at radius 2 is 1.83 bits per heavy atom. The van der Waals surface area contributed by atoms with Crippen LogP contribution >= 0.6 is 15.9 Å². The van der Waals surface area contributed by atoms with Gasteiger partial charge in [-0.25, -0.2) is 0 Å². The molecule has 102 valence electrons. The largest absolute Gasteiger partial charge is 0.372 e. The average molecular weight is 314 g/mol. The molecule has 3 heteroatoms. The Bertz CT molecular complexity index is 352. The summed E-state index contributed by atoms with van der Waals surface area (Å²) in [4.78, 5) is 0. The van der Waals surface area contributed by atoms with Gasteiger partial charge >= 0.3 is 0 Å². The van der Waals surface area contributed by atoms with Gasteiger partial charge in [0.15, 0.2) is 0 Å². The van der Waals surface area contributed by atoms with Gasteiger partial charge in [-0.2, -0.15) is 0 Å². The highest BCUT2D eigenvalue weighted by molar-refractivity contribution is 9.10. The first-order valence-electron chi connectivity index (χ1n) is 6.59. The van der Waals surface area contributed by atoms with Crippen molar-refractivity contribution in [1.29, 1.82) is 0 Å². The fourth-order valence-corrected chi connectivity index (χ4v) is 2.05. The van der Waals surface area contributed by atoms with E-state index in [1.165, 1.54) is 5.56 Å². The monoisotopic (exact) mass is 313 g/mol. The van der Waals surface area contributed by atoms with Gasteiger partial charge in [-0.05, 0) is 17.5 Å². The molecule has 0 saturated heterocycles. The van der Waals surface area contributed by atoms with Gasteiger partial charge in [-0.15, -0.1) is 0 Å². The van der Waals surface area contributed by atoms with Crippen molar-refractivity contribution in [2.24, 2.45) is 5.92 Å². The van der Waals surface area contributed by atoms with Crippen molar-refractivity contribution >= 4 is 15.9 Å². The Morgan fingerprint density at radius 3 is 2.39 bits per heavy atom. The fraction of sp³-hybridized carbons (Fsp3) is 0.600. The smallest absolute Gasteiger partial charge is 0.0732 e. The molecule has 1 aromatic carbocycles. The molecule has 1 atom stereocenters. The third-order valence-electron chi connectivity index (χ3n) is 2.88. The highest BCUT2D eigenvalue weighted by atomic mass is 79.9. The molecule has 0 fully saturated rings. The molecule has 1 unspecified atom stereocenters. The summed E-state index contributed by atoms with van der Waals surface area (Å²) in [7, 11) is 0. The predicted octanol–water partition coefficient (Wildman–Crippen LogP) is 3.99. The van der Waals surface area contributed by atoms with Crippen LogP contribution in [0.1, 0.15) is 33.3 Å². The lowest BCUT2D eigenvalue weighted by atomic mass is 10.1. The van der Waals surface area contributed by atoms with E-state index in [2.05, 4.69) is 61.1 Å². The van der Waals surface area contributed by atoms with Gasteiger partial charge < -0.3 is 10.1 Å². The van der Waals surface area contributed by atoms with Crippen LogP contribution in [0, 0.1) is 5.92 Å². The molecule has 2 nitrogen and oxygen atoms in total. The summed E-state index contributed by atoms with van der Waals surface area (Å²) >= 11 is 3.55. The second-order valence-corrected chi connectivity index (χ2v) is 6.10. The fourth-order valence-electron chi connectivity index (χ4n) is 1.65. The lowest BCUT2D eigenvalue weighted by molar-refractivity contribution is 0.0100. The highest BCUT2D eigenvalue weighted by Crippen LogP contribution is 2.18. The van der Waals surface area contributed by atoms with Gasteiger partial charge in [0, 0.05) is 17.1 Å². The summed E-state index contributed by atoms with van der Waals surface area (Å²) in [6, 6.07) is 8.71. The molecule has 0 aliphatic heterocycles. The van der Waals surface area contributed by atoms with Crippen LogP contribution in [0.5, 0.6) is 0 Å². The number of ether oxygens (including phenoxy) is 1. The van der Waals surface area contributed by atoms with Gasteiger partial charge in [0.25, 0.3) is 0 Å². The summed E-state index contributed by atoms with van der Waals surface area (Å²) in [5.74, 6) is 0.513. The molecular weight excluding hydrogens is 290 g/mol. The second-order valence-electron chi connectivity index (χ2n) is 5.25. The number of nitrogens with one attached hydrogen (secondary N) is 1. The molecule has 1 rings (SSSR count). The normalized spacial score (nSPS) is 13.3. The van der Waals surface area contributed by atoms with Crippen LogP contribution in [0.25, 0.3) is 0 Å². The van der Waals surface area contributed by atoms with E-state index in [4.69, 9.17) is 4.74 Å². The SMILES string of the molecule is CC(C)NCC(OCc1ccccc1Br)C(C)C. The van der Waals surface area contributed by atoms with Crippen molar-refractivity contribution in [2.45, 2.75) is 46.4 Å². The van der Waals surface area contributed by atoms with Crippen molar-refractivity contribution in [3.8, 4) is 0 Å². The predicted molar refractivity (Wildman–Crippen MR) is 80.7 cm³/mol. The van der Waals surface area contributed by atoms with Crippen molar-refractivity contribution in [3.63, 3.8) is 0 Å². The summed E-state index contributed by atoms with van der Waals surface area (Å²) in [5, 5.41) is 3.44. The summed E-state index contributed by atoms with van der Waals surface area (Å²) < 4.78 is 7.14. The van der Waals surface area contributed by atoms with E-state index in [9.17, 15) is 0 Å². The summed E-state index contributed by atoms with van der Waals surface area (Å²) in [6.07, 6.45) is 0.250. The van der Waals surface area contributed by atoms with Gasteiger partial charge in [-0.1, -0.05) is 61.8 Å². The number of hydrogen-bond donors (Lipinski definition) is 1. The van der Waals surface area contributed by atoms with Crippen molar-refractivity contribution in [2.75, 3.05) is 6.54 Å². The molecule has 18 heavy (non-hydrogen) atoms. The van der Waals surface area contributed by atoms with Gasteiger partial charge in [-0.3, -0.25) is 0 Å². The number of halogens is 1. The number of rotatable bonds is 7. The summed E-state index contributed by atoms with van der Waals surface area (Å²) in [5.41, 5.74) is 1.20. The van der Waals surface area contributed by atoms with Crippen LogP contribution in [0.15, 0.2) is 28.7 Å². The average Bonchev–Trinajstić information content (AvgIpc) is 2.30. The molecule has 0 saturated carbocycles. The molecule has 0 aliphatic rings. The Hall–Kier alpha value is -0.380. The Balaban J connectivity index is 2.49. The van der Waals surface area contributed by atoms with Crippen LogP contribution < -0.4 is 5.32 Å². The first kappa shape index (κ1) is 15.7. The molecule has 0 spiro atoms. The van der Waals surface area contributed by atoms with Crippen molar-refractivity contribution < 1.29 is 4.74 Å². The minimum absolute atomic E-state index is 0.250. The van der Waals surface area contributed by atoms with Crippen LogP contribution in [0.4, 0.5) is 0 Å². The minimum atomic E-state index is 0.250. The van der Waals surface area contributed by atoms with E-state index in [1.54, 1.807) is 0 Å². The van der Waals surface area contributed by atoms with Gasteiger partial charge in [0.2, 0.25) is 0 Å². The van der Waals surface area contributed by atoms with Crippen LogP contribution in [-0.4, -0.2) is 18.7 Å². The lowest BCUT2D eigenvalue weighted by Gasteiger charge is -2.23. The maximum absolute atomic E-state index is 6.03.